The molecule has 0 fully saturated rings. The summed E-state index contributed by atoms with van der Waals surface area (Å²) in [5, 5.41) is 7.78. The van der Waals surface area contributed by atoms with Gasteiger partial charge in [-0.1, -0.05) is 46.6 Å². The first-order valence-electron chi connectivity index (χ1n) is 10.9. The molecule has 29 heavy (non-hydrogen) atoms. The average molecular weight is 394 g/mol. The van der Waals surface area contributed by atoms with Gasteiger partial charge in [-0.25, -0.2) is 14.5 Å². The fraction of sp³-hybridized carbons (Fsp3) is 0.458. The van der Waals surface area contributed by atoms with E-state index < -0.39 is 0 Å². The molecule has 5 nitrogen and oxygen atoms in total. The Labute approximate surface area is 175 Å². The fourth-order valence-corrected chi connectivity index (χ4v) is 3.54. The predicted octanol–water partition coefficient (Wildman–Crippen LogP) is 6.29. The molecule has 0 radical (unpaired) electrons. The van der Waals surface area contributed by atoms with E-state index >= 15 is 0 Å². The van der Waals surface area contributed by atoms with Crippen LogP contribution in [0, 0.1) is 6.92 Å². The number of aryl methyl sites for hydroxylation is 1. The van der Waals surface area contributed by atoms with E-state index in [4.69, 9.17) is 4.98 Å². The van der Waals surface area contributed by atoms with Crippen molar-refractivity contribution < 1.29 is 0 Å². The second-order valence-corrected chi connectivity index (χ2v) is 6.93. The zero-order valence-electron chi connectivity index (χ0n) is 18.7. The molecule has 3 heterocycles. The Morgan fingerprint density at radius 3 is 2.52 bits per heavy atom. The van der Waals surface area contributed by atoms with Crippen molar-refractivity contribution in [3.05, 3.63) is 59.7 Å². The van der Waals surface area contributed by atoms with E-state index in [0.29, 0.717) is 6.04 Å². The number of pyridine rings is 1. The van der Waals surface area contributed by atoms with Crippen LogP contribution in [0.15, 0.2) is 42.9 Å². The third-order valence-corrected chi connectivity index (χ3v) is 4.88. The lowest BCUT2D eigenvalue weighted by molar-refractivity contribution is 0.582. The number of aromatic nitrogens is 4. The minimum Gasteiger partial charge on any atom is -0.351 e. The molecule has 3 aromatic rings. The van der Waals surface area contributed by atoms with Crippen LogP contribution in [0.3, 0.4) is 0 Å². The lowest BCUT2D eigenvalue weighted by Gasteiger charge is -2.18. The van der Waals surface area contributed by atoms with Crippen LogP contribution in [-0.2, 0) is 0 Å². The van der Waals surface area contributed by atoms with Crippen LogP contribution in [0.5, 0.6) is 0 Å². The first-order valence-corrected chi connectivity index (χ1v) is 10.9. The lowest BCUT2D eigenvalue weighted by atomic mass is 9.98. The first kappa shape index (κ1) is 22.6. The zero-order chi connectivity index (χ0) is 21.2. The molecule has 0 amide bonds. The maximum absolute atomic E-state index is 4.74. The number of nitrogens with zero attached hydrogens (tertiary/aromatic N) is 4. The minimum absolute atomic E-state index is 0.440. The van der Waals surface area contributed by atoms with Crippen LogP contribution in [0.4, 0.5) is 5.95 Å². The highest BCUT2D eigenvalue weighted by Gasteiger charge is 2.13. The van der Waals surface area contributed by atoms with Gasteiger partial charge in [0.2, 0.25) is 5.95 Å². The van der Waals surface area contributed by atoms with Crippen LogP contribution >= 0.6 is 0 Å². The number of rotatable bonds is 8. The molecule has 0 unspecified atom stereocenters. The number of anilines is 1. The number of hydrogen-bond donors (Lipinski definition) is 1. The van der Waals surface area contributed by atoms with Gasteiger partial charge in [-0.15, -0.1) is 0 Å². The van der Waals surface area contributed by atoms with Crippen molar-refractivity contribution in [3.63, 3.8) is 0 Å². The summed E-state index contributed by atoms with van der Waals surface area (Å²) in [7, 11) is 0. The Morgan fingerprint density at radius 2 is 1.90 bits per heavy atom. The highest BCUT2D eigenvalue weighted by molar-refractivity contribution is 5.81. The van der Waals surface area contributed by atoms with E-state index in [2.05, 4.69) is 61.3 Å². The quantitative estimate of drug-likeness (QED) is 0.488. The zero-order valence-corrected chi connectivity index (χ0v) is 18.7. The highest BCUT2D eigenvalue weighted by atomic mass is 15.2. The third kappa shape index (κ3) is 5.66. The van der Waals surface area contributed by atoms with Crippen LogP contribution in [0.25, 0.3) is 11.1 Å². The van der Waals surface area contributed by atoms with Gasteiger partial charge in [0.05, 0.1) is 11.2 Å². The van der Waals surface area contributed by atoms with Gasteiger partial charge in [0, 0.05) is 30.2 Å². The molecule has 3 rings (SSSR count). The summed E-state index contributed by atoms with van der Waals surface area (Å²) in [5.41, 5.74) is 5.41. The number of hydrogen-bond acceptors (Lipinski definition) is 4. The van der Waals surface area contributed by atoms with Crippen molar-refractivity contribution in [2.24, 2.45) is 0 Å². The average Bonchev–Trinajstić information content (AvgIpc) is 3.20. The molecule has 5 heteroatoms. The molecular weight excluding hydrogens is 358 g/mol. The molecule has 0 aromatic carbocycles. The summed E-state index contributed by atoms with van der Waals surface area (Å²) in [6.45, 7) is 12.5. The Balaban J connectivity index is 0.00000145. The van der Waals surface area contributed by atoms with E-state index in [1.807, 2.05) is 43.0 Å². The molecule has 0 aliphatic heterocycles. The van der Waals surface area contributed by atoms with Gasteiger partial charge in [0.25, 0.3) is 0 Å². The summed E-state index contributed by atoms with van der Waals surface area (Å²) < 4.78 is 1.87. The summed E-state index contributed by atoms with van der Waals surface area (Å²) in [6.07, 6.45) is 12.5. The molecule has 0 atom stereocenters. The molecule has 0 bridgehead atoms. The molecule has 0 aliphatic rings. The predicted molar refractivity (Wildman–Crippen MR) is 123 cm³/mol. The van der Waals surface area contributed by atoms with E-state index in [1.165, 1.54) is 0 Å². The molecule has 0 saturated heterocycles. The highest BCUT2D eigenvalue weighted by Crippen LogP contribution is 2.26. The van der Waals surface area contributed by atoms with Gasteiger partial charge in [-0.3, -0.25) is 0 Å². The van der Waals surface area contributed by atoms with E-state index in [9.17, 15) is 0 Å². The smallest absolute Gasteiger partial charge is 0.223 e. The SMILES string of the molecule is C/C=C(/c1ccn2nccc2c1)c1cnc(NC(CCC)CCC)nc1C.CC. The summed E-state index contributed by atoms with van der Waals surface area (Å²) in [6, 6.07) is 6.68. The molecule has 0 aliphatic carbocycles. The Hall–Kier alpha value is -2.69. The molecule has 0 saturated carbocycles. The van der Waals surface area contributed by atoms with Crippen molar-refractivity contribution in [2.45, 2.75) is 73.3 Å². The lowest BCUT2D eigenvalue weighted by Crippen LogP contribution is -2.21. The van der Waals surface area contributed by atoms with E-state index in [-0.39, 0.29) is 0 Å². The van der Waals surface area contributed by atoms with Crippen molar-refractivity contribution in [1.82, 2.24) is 19.6 Å². The number of fused-ring (bicyclic) bond motifs is 1. The van der Waals surface area contributed by atoms with Gasteiger partial charge in [-0.05, 0) is 56.0 Å². The number of allylic oxidation sites excluding steroid dienone is 1. The number of nitrogens with one attached hydrogen (secondary N) is 1. The molecule has 0 spiro atoms. The van der Waals surface area contributed by atoms with Crippen LogP contribution < -0.4 is 5.32 Å². The van der Waals surface area contributed by atoms with Crippen LogP contribution in [0.1, 0.15) is 77.1 Å². The second kappa shape index (κ2) is 11.3. The van der Waals surface area contributed by atoms with Gasteiger partial charge < -0.3 is 5.32 Å². The second-order valence-electron chi connectivity index (χ2n) is 6.93. The summed E-state index contributed by atoms with van der Waals surface area (Å²) in [4.78, 5) is 9.35. The Kier molecular flexibility index (Phi) is 8.84. The van der Waals surface area contributed by atoms with E-state index in [1.54, 1.807) is 0 Å². The minimum atomic E-state index is 0.440. The summed E-state index contributed by atoms with van der Waals surface area (Å²) >= 11 is 0. The first-order chi connectivity index (χ1) is 14.2. The standard InChI is InChI=1S/C22H29N5.C2H6/c1-5-8-18(9-6-2)26-22-23-15-21(16(4)25-22)20(7-3)17-11-13-27-19(14-17)10-12-24-27;1-2/h7,10-15,18H,5-6,8-9H2,1-4H3,(H,23,25,26);1-2H3/b20-7-;. The van der Waals surface area contributed by atoms with Crippen molar-refractivity contribution in [1.29, 1.82) is 0 Å². The van der Waals surface area contributed by atoms with Gasteiger partial charge in [-0.2, -0.15) is 5.10 Å². The molecule has 156 valence electrons. The van der Waals surface area contributed by atoms with Crippen LogP contribution in [-0.4, -0.2) is 25.6 Å². The fourth-order valence-electron chi connectivity index (χ4n) is 3.54. The van der Waals surface area contributed by atoms with Gasteiger partial charge in [0.1, 0.15) is 0 Å². The Bertz CT molecular complexity index is 920. The topological polar surface area (TPSA) is 55.1 Å². The molecule has 1 N–H and O–H groups in total. The third-order valence-electron chi connectivity index (χ3n) is 4.88. The van der Waals surface area contributed by atoms with Gasteiger partial charge in [0.15, 0.2) is 0 Å². The normalized spacial score (nSPS) is 11.5. The Morgan fingerprint density at radius 1 is 1.17 bits per heavy atom. The van der Waals surface area contributed by atoms with Crippen LogP contribution in [0.2, 0.25) is 0 Å². The largest absolute Gasteiger partial charge is 0.351 e. The molecular formula is C24H35N5. The maximum atomic E-state index is 4.74. The van der Waals surface area contributed by atoms with Gasteiger partial charge >= 0.3 is 0 Å². The van der Waals surface area contributed by atoms with Crippen molar-refractivity contribution >= 4 is 17.0 Å². The monoisotopic (exact) mass is 393 g/mol. The van der Waals surface area contributed by atoms with Crippen molar-refractivity contribution in [2.75, 3.05) is 5.32 Å². The summed E-state index contributed by atoms with van der Waals surface area (Å²) in [5.74, 6) is 0.727. The van der Waals surface area contributed by atoms with E-state index in [0.717, 1.165) is 59.5 Å². The molecule has 3 aromatic heterocycles. The van der Waals surface area contributed by atoms with Crippen molar-refractivity contribution in [3.8, 4) is 0 Å². The maximum Gasteiger partial charge on any atom is 0.223 e.